The number of aliphatic hydroxyl groups is 2. The number of aromatic nitrogens is 2. The average Bonchev–Trinajstić information content (AvgIpc) is 2.81. The Labute approximate surface area is 150 Å². The molecule has 2 fully saturated rings. The van der Waals surface area contributed by atoms with Crippen molar-refractivity contribution in [2.24, 2.45) is 5.92 Å². The van der Waals surface area contributed by atoms with Crippen LogP contribution in [-0.2, 0) is 9.47 Å². The summed E-state index contributed by atoms with van der Waals surface area (Å²) in [5, 5.41) is 22.3. The number of ether oxygens (including phenoxy) is 2. The Kier molecular flexibility index (Phi) is 5.40. The molecule has 26 heavy (non-hydrogen) atoms. The fourth-order valence-corrected chi connectivity index (χ4v) is 2.96. The van der Waals surface area contributed by atoms with Gasteiger partial charge in [0, 0.05) is 11.8 Å². The molecule has 2 unspecified atom stereocenters. The number of carbonyl (C=O) groups is 1. The van der Waals surface area contributed by atoms with Gasteiger partial charge < -0.3 is 19.7 Å². The Morgan fingerprint density at radius 2 is 2.23 bits per heavy atom. The summed E-state index contributed by atoms with van der Waals surface area (Å²) < 4.78 is 11.6. The lowest BCUT2D eigenvalue weighted by atomic mass is 9.86. The first-order chi connectivity index (χ1) is 12.4. The molecule has 2 aliphatic rings. The average molecular weight is 365 g/mol. The molecule has 1 saturated carbocycles. The summed E-state index contributed by atoms with van der Waals surface area (Å²) in [6.45, 7) is 5.57. The number of rotatable bonds is 5. The number of anilines is 1. The fraction of sp³-hybridized carbons (Fsp3) is 0.588. The second kappa shape index (κ2) is 7.56. The molecule has 3 N–H and O–H groups in total. The van der Waals surface area contributed by atoms with Gasteiger partial charge in [0.05, 0.1) is 12.7 Å². The number of hydrogen-bond donors (Lipinski definition) is 3. The second-order valence-electron chi connectivity index (χ2n) is 6.67. The molecule has 0 bridgehead atoms. The number of nitrogens with one attached hydrogen (secondary N) is 1. The van der Waals surface area contributed by atoms with Crippen molar-refractivity contribution >= 4 is 18.0 Å². The molecule has 1 amide bonds. The van der Waals surface area contributed by atoms with Gasteiger partial charge in [-0.3, -0.25) is 9.88 Å². The van der Waals surface area contributed by atoms with E-state index in [4.69, 9.17) is 9.47 Å². The van der Waals surface area contributed by atoms with Crippen LogP contribution in [0.25, 0.3) is 6.08 Å². The van der Waals surface area contributed by atoms with E-state index >= 15 is 0 Å². The zero-order chi connectivity index (χ0) is 18.8. The maximum absolute atomic E-state index is 12.3. The molecule has 1 aliphatic heterocycles. The normalized spacial score (nSPS) is 28.4. The van der Waals surface area contributed by atoms with Crippen molar-refractivity contribution < 1.29 is 24.5 Å². The minimum Gasteiger partial charge on any atom is -0.449 e. The molecule has 9 nitrogen and oxygen atoms in total. The smallest absolute Gasteiger partial charge is 0.412 e. The molecule has 1 saturated heterocycles. The Morgan fingerprint density at radius 3 is 2.77 bits per heavy atom. The van der Waals surface area contributed by atoms with Crippen molar-refractivity contribution in [2.45, 2.75) is 50.7 Å². The maximum Gasteiger partial charge on any atom is 0.412 e. The fourth-order valence-electron chi connectivity index (χ4n) is 2.96. The molecule has 2 heterocycles. The van der Waals surface area contributed by atoms with E-state index in [9.17, 15) is 19.8 Å². The standard InChI is InChI=1S/C17H23N3O6/c1-3-11-7-20(15-13(22)12(21)9(2)26-15)16(23)18-14(11)19-17(24)25-8-10-5-4-6-10/h3,7,9-10,12-13,15,21-22H,1,4-6,8H2,2H3,(H,18,19,23,24)/t9-,12?,13?,15-/m1/s1. The van der Waals surface area contributed by atoms with Crippen LogP contribution in [-0.4, -0.2) is 50.8 Å². The molecule has 1 aromatic rings. The van der Waals surface area contributed by atoms with E-state index in [1.54, 1.807) is 6.92 Å². The van der Waals surface area contributed by atoms with Crippen LogP contribution in [0.15, 0.2) is 17.6 Å². The Morgan fingerprint density at radius 1 is 1.50 bits per heavy atom. The van der Waals surface area contributed by atoms with E-state index in [1.807, 2.05) is 0 Å². The highest BCUT2D eigenvalue weighted by molar-refractivity contribution is 5.85. The molecular weight excluding hydrogens is 342 g/mol. The predicted molar refractivity (Wildman–Crippen MR) is 92.5 cm³/mol. The summed E-state index contributed by atoms with van der Waals surface area (Å²) in [6.07, 6.45) is 1.25. The van der Waals surface area contributed by atoms with E-state index in [0.29, 0.717) is 18.1 Å². The number of nitrogens with zero attached hydrogens (tertiary/aromatic N) is 2. The van der Waals surface area contributed by atoms with E-state index in [1.165, 1.54) is 12.3 Å². The lowest BCUT2D eigenvalue weighted by Crippen LogP contribution is -2.36. The molecule has 3 rings (SSSR count). The highest BCUT2D eigenvalue weighted by Gasteiger charge is 2.42. The molecule has 1 aliphatic carbocycles. The largest absolute Gasteiger partial charge is 0.449 e. The molecule has 0 radical (unpaired) electrons. The van der Waals surface area contributed by atoms with Gasteiger partial charge in [-0.15, -0.1) is 0 Å². The topological polar surface area (TPSA) is 123 Å². The van der Waals surface area contributed by atoms with E-state index < -0.39 is 36.3 Å². The van der Waals surface area contributed by atoms with Gasteiger partial charge in [0.25, 0.3) is 0 Å². The van der Waals surface area contributed by atoms with Gasteiger partial charge in [0.1, 0.15) is 18.0 Å². The first kappa shape index (κ1) is 18.6. The third kappa shape index (κ3) is 3.64. The molecule has 9 heteroatoms. The van der Waals surface area contributed by atoms with Gasteiger partial charge >= 0.3 is 11.8 Å². The van der Waals surface area contributed by atoms with Crippen LogP contribution in [0.4, 0.5) is 10.6 Å². The summed E-state index contributed by atoms with van der Waals surface area (Å²) in [7, 11) is 0. The van der Waals surface area contributed by atoms with Crippen molar-refractivity contribution in [1.29, 1.82) is 0 Å². The van der Waals surface area contributed by atoms with Crippen LogP contribution >= 0.6 is 0 Å². The van der Waals surface area contributed by atoms with E-state index in [2.05, 4.69) is 16.9 Å². The minimum atomic E-state index is -1.27. The Hall–Kier alpha value is -2.23. The number of aliphatic hydroxyl groups excluding tert-OH is 2. The first-order valence-corrected chi connectivity index (χ1v) is 8.61. The highest BCUT2D eigenvalue weighted by atomic mass is 16.6. The maximum atomic E-state index is 12.3. The summed E-state index contributed by atoms with van der Waals surface area (Å²) in [6, 6.07) is 0. The Balaban J connectivity index is 1.75. The zero-order valence-corrected chi connectivity index (χ0v) is 14.5. The van der Waals surface area contributed by atoms with Crippen molar-refractivity contribution in [1.82, 2.24) is 9.55 Å². The van der Waals surface area contributed by atoms with Crippen molar-refractivity contribution in [3.05, 3.63) is 28.8 Å². The molecule has 142 valence electrons. The van der Waals surface area contributed by atoms with Gasteiger partial charge in [-0.25, -0.2) is 9.59 Å². The van der Waals surface area contributed by atoms with Crippen LogP contribution in [0.1, 0.15) is 38.0 Å². The summed E-state index contributed by atoms with van der Waals surface area (Å²) in [5.74, 6) is 0.413. The van der Waals surface area contributed by atoms with Gasteiger partial charge in [-0.2, -0.15) is 4.98 Å². The molecular formula is C17H23N3O6. The molecule has 0 aromatic carbocycles. The van der Waals surface area contributed by atoms with E-state index in [-0.39, 0.29) is 5.82 Å². The lowest BCUT2D eigenvalue weighted by Gasteiger charge is -2.24. The molecule has 4 atom stereocenters. The second-order valence-corrected chi connectivity index (χ2v) is 6.67. The van der Waals surface area contributed by atoms with Gasteiger partial charge in [0.15, 0.2) is 6.23 Å². The van der Waals surface area contributed by atoms with Crippen LogP contribution < -0.4 is 11.0 Å². The van der Waals surface area contributed by atoms with Gasteiger partial charge in [-0.1, -0.05) is 19.1 Å². The number of carbonyl (C=O) groups excluding carboxylic acids is 1. The first-order valence-electron chi connectivity index (χ1n) is 8.61. The third-order valence-corrected chi connectivity index (χ3v) is 4.85. The SMILES string of the molecule is C=Cc1cn([C@@H]2O[C@H](C)C(O)C2O)c(=O)nc1NC(=O)OCC1CCC1. The van der Waals surface area contributed by atoms with E-state index in [0.717, 1.165) is 23.8 Å². The Bertz CT molecular complexity index is 745. The highest BCUT2D eigenvalue weighted by Crippen LogP contribution is 2.29. The van der Waals surface area contributed by atoms with Crippen LogP contribution in [0, 0.1) is 5.92 Å². The van der Waals surface area contributed by atoms with Gasteiger partial charge in [-0.05, 0) is 25.7 Å². The minimum absolute atomic E-state index is 0.0148. The monoisotopic (exact) mass is 365 g/mol. The van der Waals surface area contributed by atoms with Crippen LogP contribution in [0.2, 0.25) is 0 Å². The van der Waals surface area contributed by atoms with Crippen molar-refractivity contribution in [3.63, 3.8) is 0 Å². The number of hydrogen-bond acceptors (Lipinski definition) is 7. The quantitative estimate of drug-likeness (QED) is 0.707. The summed E-state index contributed by atoms with van der Waals surface area (Å²) in [5.41, 5.74) is -0.384. The van der Waals surface area contributed by atoms with Crippen molar-refractivity contribution in [2.75, 3.05) is 11.9 Å². The third-order valence-electron chi connectivity index (χ3n) is 4.85. The molecule has 0 spiro atoms. The predicted octanol–water partition coefficient (Wildman–Crippen LogP) is 0.874. The van der Waals surface area contributed by atoms with Crippen LogP contribution in [0.3, 0.4) is 0 Å². The number of amides is 1. The lowest BCUT2D eigenvalue weighted by molar-refractivity contribution is -0.0350. The van der Waals surface area contributed by atoms with Gasteiger partial charge in [0.2, 0.25) is 0 Å². The summed E-state index contributed by atoms with van der Waals surface area (Å²) in [4.78, 5) is 28.0. The molecule has 1 aromatic heterocycles. The van der Waals surface area contributed by atoms with Crippen molar-refractivity contribution in [3.8, 4) is 0 Å². The zero-order valence-electron chi connectivity index (χ0n) is 14.5. The van der Waals surface area contributed by atoms with Crippen LogP contribution in [0.5, 0.6) is 0 Å². The summed E-state index contributed by atoms with van der Waals surface area (Å²) >= 11 is 0.